The van der Waals surface area contributed by atoms with Crippen molar-refractivity contribution in [2.45, 2.75) is 49.5 Å². The number of benzene rings is 2. The van der Waals surface area contributed by atoms with Crippen molar-refractivity contribution in [2.75, 3.05) is 13.1 Å². The summed E-state index contributed by atoms with van der Waals surface area (Å²) in [5.74, 6) is -3.13. The lowest BCUT2D eigenvalue weighted by Crippen LogP contribution is -2.30. The van der Waals surface area contributed by atoms with Crippen LogP contribution in [0.5, 0.6) is 0 Å². The highest BCUT2D eigenvalue weighted by Crippen LogP contribution is 2.32. The second-order valence-electron chi connectivity index (χ2n) is 7.24. The molecule has 0 saturated carbocycles. The molecule has 0 spiro atoms. The lowest BCUT2D eigenvalue weighted by Gasteiger charge is -2.18. The first-order valence-corrected chi connectivity index (χ1v) is 12.3. The van der Waals surface area contributed by atoms with E-state index in [1.807, 2.05) is 18.4 Å². The van der Waals surface area contributed by atoms with Gasteiger partial charge in [0.05, 0.1) is 15.9 Å². The van der Waals surface area contributed by atoms with Crippen molar-refractivity contribution in [1.29, 1.82) is 0 Å². The van der Waals surface area contributed by atoms with Crippen LogP contribution in [0.4, 0.5) is 13.2 Å². The molecule has 1 aromatic heterocycles. The van der Waals surface area contributed by atoms with Gasteiger partial charge in [-0.15, -0.1) is 0 Å². The van der Waals surface area contributed by atoms with Crippen LogP contribution in [-0.2, 0) is 15.8 Å². The molecule has 168 valence electrons. The Morgan fingerprint density at radius 1 is 1.03 bits per heavy atom. The number of sulfonamides is 1. The Balaban J connectivity index is 2.00. The third-order valence-corrected chi connectivity index (χ3v) is 7.98. The summed E-state index contributed by atoms with van der Waals surface area (Å²) in [4.78, 5) is 4.71. The number of hydrogen-bond acceptors (Lipinski definition) is 4. The lowest BCUT2D eigenvalue weighted by atomic mass is 10.2. The largest absolute Gasteiger partial charge is 0.316 e. The number of aromatic nitrogens is 2. The molecule has 0 atom stereocenters. The Morgan fingerprint density at radius 2 is 1.68 bits per heavy atom. The average molecular weight is 472 g/mol. The van der Waals surface area contributed by atoms with Crippen LogP contribution in [0.15, 0.2) is 40.4 Å². The number of thioether (sulfide) groups is 1. The zero-order valence-corrected chi connectivity index (χ0v) is 19.3. The van der Waals surface area contributed by atoms with Gasteiger partial charge in [-0.25, -0.2) is 26.6 Å². The highest BCUT2D eigenvalue weighted by atomic mass is 32.2. The average Bonchev–Trinajstić information content (AvgIpc) is 3.08. The summed E-state index contributed by atoms with van der Waals surface area (Å²) in [6, 6.07) is 6.16. The van der Waals surface area contributed by atoms with Crippen molar-refractivity contribution in [2.24, 2.45) is 0 Å². The van der Waals surface area contributed by atoms with Crippen LogP contribution in [0.2, 0.25) is 0 Å². The van der Waals surface area contributed by atoms with Gasteiger partial charge in [0.25, 0.3) is 0 Å². The topological polar surface area (TPSA) is 55.2 Å². The number of fused-ring (bicyclic) bond motifs is 1. The van der Waals surface area contributed by atoms with E-state index in [0.717, 1.165) is 11.6 Å². The Hall–Kier alpha value is -2.04. The zero-order valence-electron chi connectivity index (χ0n) is 17.7. The van der Waals surface area contributed by atoms with Gasteiger partial charge >= 0.3 is 0 Å². The van der Waals surface area contributed by atoms with Gasteiger partial charge in [-0.1, -0.05) is 25.6 Å². The fourth-order valence-electron chi connectivity index (χ4n) is 3.35. The van der Waals surface area contributed by atoms with Gasteiger partial charge < -0.3 is 4.57 Å². The highest BCUT2D eigenvalue weighted by molar-refractivity contribution is 7.98. The van der Waals surface area contributed by atoms with Crippen molar-refractivity contribution >= 4 is 32.8 Å². The fourth-order valence-corrected chi connectivity index (χ4v) is 5.94. The van der Waals surface area contributed by atoms with Crippen LogP contribution >= 0.6 is 11.8 Å². The molecule has 0 fully saturated rings. The molecule has 0 N–H and O–H groups in total. The molecule has 0 radical (unpaired) electrons. The minimum absolute atomic E-state index is 0.00691. The molecule has 31 heavy (non-hydrogen) atoms. The summed E-state index contributed by atoms with van der Waals surface area (Å²) in [5, 5.41) is 0.534. The van der Waals surface area contributed by atoms with Crippen molar-refractivity contribution in [1.82, 2.24) is 13.9 Å². The van der Waals surface area contributed by atoms with Crippen molar-refractivity contribution in [3.63, 3.8) is 0 Å². The first-order valence-electron chi connectivity index (χ1n) is 9.88. The van der Waals surface area contributed by atoms with E-state index in [0.29, 0.717) is 29.8 Å². The van der Waals surface area contributed by atoms with E-state index in [1.165, 1.54) is 22.1 Å². The second-order valence-corrected chi connectivity index (χ2v) is 10.1. The van der Waals surface area contributed by atoms with Crippen molar-refractivity contribution in [3.05, 3.63) is 53.3 Å². The van der Waals surface area contributed by atoms with Crippen LogP contribution < -0.4 is 0 Å². The van der Waals surface area contributed by atoms with Crippen LogP contribution in [0.1, 0.15) is 39.3 Å². The van der Waals surface area contributed by atoms with E-state index in [1.54, 1.807) is 26.0 Å². The third kappa shape index (κ3) is 4.61. The zero-order chi connectivity index (χ0) is 22.9. The van der Waals surface area contributed by atoms with E-state index >= 15 is 0 Å². The maximum Gasteiger partial charge on any atom is 0.243 e. The monoisotopic (exact) mass is 471 g/mol. The van der Waals surface area contributed by atoms with Crippen LogP contribution in [-0.4, -0.2) is 35.4 Å². The number of nitrogens with zero attached hydrogens (tertiary/aromatic N) is 3. The molecule has 10 heteroatoms. The maximum absolute atomic E-state index is 14.0. The van der Waals surface area contributed by atoms with E-state index in [9.17, 15) is 21.6 Å². The predicted molar refractivity (Wildman–Crippen MR) is 116 cm³/mol. The fraction of sp³-hybridized carbons (Fsp3) is 0.381. The number of imidazole rings is 1. The summed E-state index contributed by atoms with van der Waals surface area (Å²) in [6.45, 7) is 8.17. The van der Waals surface area contributed by atoms with Gasteiger partial charge in [-0.3, -0.25) is 0 Å². The summed E-state index contributed by atoms with van der Waals surface area (Å²) in [7, 11) is -3.64. The Bertz CT molecular complexity index is 1210. The van der Waals surface area contributed by atoms with Crippen molar-refractivity contribution in [3.8, 4) is 0 Å². The first-order chi connectivity index (χ1) is 14.6. The van der Waals surface area contributed by atoms with Crippen LogP contribution in [0, 0.1) is 17.5 Å². The number of hydrogen-bond donors (Lipinski definition) is 0. The summed E-state index contributed by atoms with van der Waals surface area (Å²) in [6.07, 6.45) is 0. The smallest absolute Gasteiger partial charge is 0.243 e. The molecule has 0 aliphatic rings. The molecule has 3 aromatic rings. The van der Waals surface area contributed by atoms with E-state index in [-0.39, 0.29) is 22.3 Å². The van der Waals surface area contributed by atoms with Crippen LogP contribution in [0.3, 0.4) is 0 Å². The number of rotatable bonds is 8. The minimum atomic E-state index is -3.64. The molecule has 0 aliphatic carbocycles. The first kappa shape index (κ1) is 23.6. The highest BCUT2D eigenvalue weighted by Gasteiger charge is 2.24. The predicted octanol–water partition coefficient (Wildman–Crippen LogP) is 5.36. The van der Waals surface area contributed by atoms with E-state index in [2.05, 4.69) is 4.98 Å². The summed E-state index contributed by atoms with van der Waals surface area (Å²) < 4.78 is 69.7. The second kappa shape index (κ2) is 9.22. The van der Waals surface area contributed by atoms with E-state index in [4.69, 9.17) is 0 Å². The lowest BCUT2D eigenvalue weighted by molar-refractivity contribution is 0.445. The Kier molecular flexibility index (Phi) is 7.02. The third-order valence-electron chi connectivity index (χ3n) is 4.93. The summed E-state index contributed by atoms with van der Waals surface area (Å²) >= 11 is 1.17. The molecule has 0 saturated heterocycles. The Morgan fingerprint density at radius 3 is 2.29 bits per heavy atom. The molecule has 5 nitrogen and oxygen atoms in total. The molecule has 0 aliphatic heterocycles. The van der Waals surface area contributed by atoms with Crippen LogP contribution in [0.25, 0.3) is 11.0 Å². The number of halogens is 3. The quantitative estimate of drug-likeness (QED) is 0.328. The molecule has 0 bridgehead atoms. The van der Waals surface area contributed by atoms with Gasteiger partial charge in [-0.05, 0) is 38.1 Å². The standard InChI is InChI=1S/C21H24F3N3O2S2/c1-5-26(6-2)31(28,29)15-7-8-20-19(10-15)25-21(27(20)13(3)4)30-12-14-9-17(23)18(24)11-16(14)22/h7-11,13H,5-6,12H2,1-4H3. The molecule has 1 heterocycles. The molecule has 0 amide bonds. The van der Waals surface area contributed by atoms with Gasteiger partial charge in [0.15, 0.2) is 16.8 Å². The molecular formula is C21H24F3N3O2S2. The molecular weight excluding hydrogens is 447 g/mol. The van der Waals surface area contributed by atoms with Gasteiger partial charge in [0.1, 0.15) is 5.82 Å². The van der Waals surface area contributed by atoms with Gasteiger partial charge in [0, 0.05) is 36.5 Å². The molecule has 2 aromatic carbocycles. The normalized spacial score (nSPS) is 12.4. The van der Waals surface area contributed by atoms with E-state index < -0.39 is 27.5 Å². The SMILES string of the molecule is CCN(CC)S(=O)(=O)c1ccc2c(c1)nc(SCc1cc(F)c(F)cc1F)n2C(C)C. The van der Waals surface area contributed by atoms with Gasteiger partial charge in [0.2, 0.25) is 10.0 Å². The van der Waals surface area contributed by atoms with Crippen molar-refractivity contribution < 1.29 is 21.6 Å². The molecule has 0 unspecified atom stereocenters. The van der Waals surface area contributed by atoms with Gasteiger partial charge in [-0.2, -0.15) is 4.31 Å². The molecule has 3 rings (SSSR count). The minimum Gasteiger partial charge on any atom is -0.316 e. The maximum atomic E-state index is 14.0. The Labute approximate surface area is 184 Å². The summed E-state index contributed by atoms with van der Waals surface area (Å²) in [5.41, 5.74) is 1.26.